The summed E-state index contributed by atoms with van der Waals surface area (Å²) in [5.41, 5.74) is 0.732. The summed E-state index contributed by atoms with van der Waals surface area (Å²) in [5.74, 6) is 2.34. The van der Waals surface area contributed by atoms with E-state index in [2.05, 4.69) is 37.6 Å². The Bertz CT molecular complexity index is 730. The van der Waals surface area contributed by atoms with Crippen molar-refractivity contribution >= 4 is 27.7 Å². The van der Waals surface area contributed by atoms with Gasteiger partial charge in [-0.3, -0.25) is 4.79 Å². The van der Waals surface area contributed by atoms with Gasteiger partial charge in [0.2, 0.25) is 5.91 Å². The number of rotatable bonds is 6. The molecule has 4 fully saturated rings. The maximum Gasteiger partial charge on any atom is 0.220 e. The van der Waals surface area contributed by atoms with Gasteiger partial charge in [0, 0.05) is 30.0 Å². The highest BCUT2D eigenvalue weighted by atomic mass is 79.9. The number of amides is 1. The molecule has 0 aromatic carbocycles. The molecule has 1 amide bonds. The van der Waals surface area contributed by atoms with Crippen LogP contribution in [0.25, 0.3) is 0 Å². The Hall–Kier alpha value is -1.61. The summed E-state index contributed by atoms with van der Waals surface area (Å²) in [6.45, 7) is 1.11. The molecule has 0 aliphatic heterocycles. The first kappa shape index (κ1) is 17.8. The summed E-state index contributed by atoms with van der Waals surface area (Å²) in [6, 6.07) is 5.59. The largest absolute Gasteiger partial charge is 0.367 e. The van der Waals surface area contributed by atoms with Crippen LogP contribution in [-0.4, -0.2) is 28.3 Å². The van der Waals surface area contributed by atoms with Gasteiger partial charge in [0.15, 0.2) is 0 Å². The minimum atomic E-state index is 0.159. The highest BCUT2D eigenvalue weighted by Gasteiger charge is 2.57. The van der Waals surface area contributed by atoms with E-state index in [1.54, 1.807) is 18.3 Å². The highest BCUT2D eigenvalue weighted by molar-refractivity contribution is 9.10. The number of halogens is 1. The minimum Gasteiger partial charge on any atom is -0.367 e. The zero-order valence-corrected chi connectivity index (χ0v) is 16.5. The number of carbonyl (C=O) groups excluding carboxylic acids is 1. The van der Waals surface area contributed by atoms with Crippen LogP contribution in [0.3, 0.4) is 0 Å². The molecule has 26 heavy (non-hydrogen) atoms. The van der Waals surface area contributed by atoms with Crippen molar-refractivity contribution in [1.29, 1.82) is 5.26 Å². The molecule has 4 saturated carbocycles. The van der Waals surface area contributed by atoms with Gasteiger partial charge in [-0.05, 0) is 67.9 Å². The lowest BCUT2D eigenvalue weighted by molar-refractivity contribution is -0.128. The quantitative estimate of drug-likeness (QED) is 0.548. The molecule has 4 aliphatic carbocycles. The van der Waals surface area contributed by atoms with Crippen molar-refractivity contribution < 1.29 is 4.79 Å². The average molecular weight is 417 g/mol. The van der Waals surface area contributed by atoms with Gasteiger partial charge in [0.25, 0.3) is 0 Å². The van der Waals surface area contributed by atoms with Crippen LogP contribution in [0.2, 0.25) is 0 Å². The molecule has 0 saturated heterocycles. The monoisotopic (exact) mass is 416 g/mol. The molecule has 4 bridgehead atoms. The average Bonchev–Trinajstić information content (AvgIpc) is 2.56. The molecule has 4 aliphatic rings. The van der Waals surface area contributed by atoms with Crippen LogP contribution in [0.15, 0.2) is 18.3 Å². The summed E-state index contributed by atoms with van der Waals surface area (Å²) in [7, 11) is 0. The molecule has 0 unspecified atom stereocenters. The van der Waals surface area contributed by atoms with E-state index in [1.807, 2.05) is 0 Å². The Balaban J connectivity index is 1.27. The van der Waals surface area contributed by atoms with E-state index >= 15 is 0 Å². The van der Waals surface area contributed by atoms with Crippen molar-refractivity contribution in [2.45, 2.75) is 49.3 Å². The summed E-state index contributed by atoms with van der Waals surface area (Å²) in [6.07, 6.45) is 9.86. The smallest absolute Gasteiger partial charge is 0.220 e. The Labute approximate surface area is 163 Å². The van der Waals surface area contributed by atoms with E-state index < -0.39 is 0 Å². The fourth-order valence-corrected chi connectivity index (χ4v) is 7.48. The van der Waals surface area contributed by atoms with E-state index in [0.29, 0.717) is 35.2 Å². The number of hydrogen-bond acceptors (Lipinski definition) is 4. The zero-order valence-electron chi connectivity index (χ0n) is 14.9. The Morgan fingerprint density at radius 2 is 2.08 bits per heavy atom. The first-order valence-corrected chi connectivity index (χ1v) is 10.3. The molecule has 1 aromatic rings. The third-order valence-corrected chi connectivity index (χ3v) is 7.24. The molecule has 1 aromatic heterocycles. The van der Waals surface area contributed by atoms with Crippen molar-refractivity contribution in [2.24, 2.45) is 17.3 Å². The van der Waals surface area contributed by atoms with Gasteiger partial charge in [0.05, 0.1) is 5.56 Å². The first-order chi connectivity index (χ1) is 12.5. The SMILES string of the molecule is N#Cc1cccnc1NCCNC(=O)CC12C[C@H]3C[C@@H](CC(Br)(C3)C1)C2. The fourth-order valence-electron chi connectivity index (χ4n) is 5.97. The molecule has 0 radical (unpaired) electrons. The number of aromatic nitrogens is 1. The van der Waals surface area contributed by atoms with Gasteiger partial charge >= 0.3 is 0 Å². The van der Waals surface area contributed by atoms with Crippen LogP contribution in [0, 0.1) is 28.6 Å². The van der Waals surface area contributed by atoms with Crippen molar-refractivity contribution in [3.05, 3.63) is 23.9 Å². The van der Waals surface area contributed by atoms with Gasteiger partial charge in [-0.2, -0.15) is 5.26 Å². The van der Waals surface area contributed by atoms with Gasteiger partial charge in [-0.15, -0.1) is 0 Å². The summed E-state index contributed by atoms with van der Waals surface area (Å²) < 4.78 is 0.297. The van der Waals surface area contributed by atoms with E-state index in [4.69, 9.17) is 5.26 Å². The fraction of sp³-hybridized carbons (Fsp3) is 0.650. The predicted octanol–water partition coefficient (Wildman–Crippen LogP) is 3.61. The van der Waals surface area contributed by atoms with Crippen LogP contribution in [0.4, 0.5) is 5.82 Å². The van der Waals surface area contributed by atoms with Crippen LogP contribution in [0.1, 0.15) is 50.5 Å². The maximum absolute atomic E-state index is 12.5. The molecular weight excluding hydrogens is 392 g/mol. The van der Waals surface area contributed by atoms with Crippen molar-refractivity contribution in [1.82, 2.24) is 10.3 Å². The number of nitriles is 1. The molecule has 2 atom stereocenters. The first-order valence-electron chi connectivity index (χ1n) is 9.54. The molecule has 6 heteroatoms. The van der Waals surface area contributed by atoms with Gasteiger partial charge in [0.1, 0.15) is 11.9 Å². The lowest BCUT2D eigenvalue weighted by Crippen LogP contribution is -2.54. The molecule has 138 valence electrons. The number of carbonyl (C=O) groups is 1. The van der Waals surface area contributed by atoms with Crippen LogP contribution in [-0.2, 0) is 4.79 Å². The lowest BCUT2D eigenvalue weighted by Gasteiger charge is -2.60. The maximum atomic E-state index is 12.5. The zero-order chi connectivity index (χ0) is 18.2. The second-order valence-electron chi connectivity index (χ2n) is 8.58. The lowest BCUT2D eigenvalue weighted by atomic mass is 9.48. The van der Waals surface area contributed by atoms with Gasteiger partial charge < -0.3 is 10.6 Å². The topological polar surface area (TPSA) is 77.8 Å². The van der Waals surface area contributed by atoms with E-state index in [9.17, 15) is 4.79 Å². The summed E-state index contributed by atoms with van der Waals surface area (Å²) >= 11 is 4.01. The minimum absolute atomic E-state index is 0.159. The van der Waals surface area contributed by atoms with Crippen LogP contribution < -0.4 is 10.6 Å². The van der Waals surface area contributed by atoms with Crippen molar-refractivity contribution in [3.8, 4) is 6.07 Å². The third kappa shape index (κ3) is 3.59. The summed E-state index contributed by atoms with van der Waals surface area (Å²) in [5, 5.41) is 15.2. The normalized spacial score (nSPS) is 34.3. The van der Waals surface area contributed by atoms with Gasteiger partial charge in [-0.25, -0.2) is 4.98 Å². The van der Waals surface area contributed by atoms with Crippen LogP contribution >= 0.6 is 15.9 Å². The Kier molecular flexibility index (Phi) is 4.68. The molecule has 0 spiro atoms. The number of hydrogen-bond donors (Lipinski definition) is 2. The number of alkyl halides is 1. The Morgan fingerprint density at radius 1 is 1.31 bits per heavy atom. The molecule has 5 rings (SSSR count). The number of anilines is 1. The standard InChI is InChI=1S/C20H25BrN4O/c21-20-9-14-6-15(10-20)8-19(7-14,13-20)11-17(26)23-4-5-25-18-16(12-22)2-1-3-24-18/h1-3,14-15H,4-11,13H2,(H,23,26)(H,24,25)/t14-,15-,19?,20?/m1/s1. The molecule has 5 nitrogen and oxygen atoms in total. The molecule has 2 N–H and O–H groups in total. The Morgan fingerprint density at radius 3 is 2.77 bits per heavy atom. The van der Waals surface area contributed by atoms with Crippen molar-refractivity contribution in [3.63, 3.8) is 0 Å². The molecule has 1 heterocycles. The van der Waals surface area contributed by atoms with E-state index in [1.165, 1.54) is 32.1 Å². The summed E-state index contributed by atoms with van der Waals surface area (Å²) in [4.78, 5) is 16.7. The second kappa shape index (κ2) is 6.84. The number of nitrogens with zero attached hydrogens (tertiary/aromatic N) is 2. The van der Waals surface area contributed by atoms with Crippen LogP contribution in [0.5, 0.6) is 0 Å². The van der Waals surface area contributed by atoms with E-state index in [0.717, 1.165) is 18.3 Å². The van der Waals surface area contributed by atoms with Gasteiger partial charge in [-0.1, -0.05) is 15.9 Å². The number of nitrogens with one attached hydrogen (secondary N) is 2. The second-order valence-corrected chi connectivity index (χ2v) is 10.3. The number of pyridine rings is 1. The highest BCUT2D eigenvalue weighted by Crippen LogP contribution is 2.65. The van der Waals surface area contributed by atoms with Crippen molar-refractivity contribution in [2.75, 3.05) is 18.4 Å². The third-order valence-electron chi connectivity index (χ3n) is 6.31. The van der Waals surface area contributed by atoms with E-state index in [-0.39, 0.29) is 11.3 Å². The predicted molar refractivity (Wildman–Crippen MR) is 104 cm³/mol. The molecular formula is C20H25BrN4O.